The van der Waals surface area contributed by atoms with Crippen molar-refractivity contribution in [3.8, 4) is 5.75 Å². The predicted molar refractivity (Wildman–Crippen MR) is 72.6 cm³/mol. The lowest BCUT2D eigenvalue weighted by atomic mass is 10.1. The summed E-state index contributed by atoms with van der Waals surface area (Å²) in [5, 5.41) is 0. The van der Waals surface area contributed by atoms with Gasteiger partial charge in [-0.25, -0.2) is 4.39 Å². The van der Waals surface area contributed by atoms with E-state index in [1.807, 2.05) is 0 Å². The van der Waals surface area contributed by atoms with Crippen LogP contribution in [0, 0.1) is 5.82 Å². The van der Waals surface area contributed by atoms with E-state index in [9.17, 15) is 4.39 Å². The van der Waals surface area contributed by atoms with Crippen molar-refractivity contribution in [1.29, 1.82) is 0 Å². The van der Waals surface area contributed by atoms with Gasteiger partial charge in [0.2, 0.25) is 0 Å². The molecule has 0 saturated carbocycles. The number of ether oxygens (including phenoxy) is 1. The van der Waals surface area contributed by atoms with Gasteiger partial charge in [0.1, 0.15) is 11.6 Å². The number of hydrogen-bond acceptors (Lipinski definition) is 3. The van der Waals surface area contributed by atoms with E-state index in [-0.39, 0.29) is 5.82 Å². The summed E-state index contributed by atoms with van der Waals surface area (Å²) in [4.78, 5) is 2.13. The number of nitrogen functional groups attached to an aromatic ring is 1. The normalized spacial score (nSPS) is 20.6. The Hall–Kier alpha value is -1.45. The number of anilines is 2. The van der Waals surface area contributed by atoms with Gasteiger partial charge in [0.25, 0.3) is 0 Å². The molecule has 1 aromatic carbocycles. The highest BCUT2D eigenvalue weighted by atomic mass is 19.1. The van der Waals surface area contributed by atoms with Crippen LogP contribution in [0.5, 0.6) is 5.75 Å². The number of nitrogens with zero attached hydrogens (tertiary/aromatic N) is 1. The first-order chi connectivity index (χ1) is 8.63. The summed E-state index contributed by atoms with van der Waals surface area (Å²) in [5.74, 6) is 0.282. The minimum absolute atomic E-state index is 0.262. The standard InChI is InChI=1S/C14H21FN2O/c1-10-6-4-3-5-7-17(10)13-9-14(18-2)12(16)8-11(13)15/h8-10H,3-7,16H2,1-2H3. The largest absolute Gasteiger partial charge is 0.495 e. The Morgan fingerprint density at radius 3 is 2.83 bits per heavy atom. The average molecular weight is 252 g/mol. The maximum Gasteiger partial charge on any atom is 0.148 e. The van der Waals surface area contributed by atoms with Crippen molar-refractivity contribution in [3.05, 3.63) is 17.9 Å². The summed E-state index contributed by atoms with van der Waals surface area (Å²) in [5.41, 5.74) is 6.67. The van der Waals surface area contributed by atoms with Crippen molar-refractivity contribution in [2.75, 3.05) is 24.3 Å². The molecule has 1 atom stereocenters. The van der Waals surface area contributed by atoms with Gasteiger partial charge in [0.15, 0.2) is 0 Å². The molecule has 2 N–H and O–H groups in total. The molecule has 18 heavy (non-hydrogen) atoms. The third-order valence-electron chi connectivity index (χ3n) is 3.66. The molecule has 2 rings (SSSR count). The molecule has 1 aliphatic heterocycles. The zero-order chi connectivity index (χ0) is 13.1. The lowest BCUT2D eigenvalue weighted by Gasteiger charge is -2.30. The second-order valence-corrected chi connectivity index (χ2v) is 4.94. The van der Waals surface area contributed by atoms with E-state index >= 15 is 0 Å². The van der Waals surface area contributed by atoms with Crippen LogP contribution in [0.15, 0.2) is 12.1 Å². The van der Waals surface area contributed by atoms with E-state index < -0.39 is 0 Å². The fourth-order valence-corrected chi connectivity index (χ4v) is 2.59. The van der Waals surface area contributed by atoms with Crippen LogP contribution >= 0.6 is 0 Å². The molecule has 1 heterocycles. The van der Waals surface area contributed by atoms with Crippen molar-refractivity contribution in [3.63, 3.8) is 0 Å². The van der Waals surface area contributed by atoms with E-state index in [4.69, 9.17) is 10.5 Å². The van der Waals surface area contributed by atoms with Crippen LogP contribution in [0.1, 0.15) is 32.6 Å². The van der Waals surface area contributed by atoms with Gasteiger partial charge in [-0.15, -0.1) is 0 Å². The highest BCUT2D eigenvalue weighted by molar-refractivity contribution is 5.63. The third kappa shape index (κ3) is 2.52. The highest BCUT2D eigenvalue weighted by Gasteiger charge is 2.21. The second kappa shape index (κ2) is 5.46. The van der Waals surface area contributed by atoms with E-state index in [0.29, 0.717) is 23.2 Å². The SMILES string of the molecule is COc1cc(N2CCCCCC2C)c(F)cc1N. The number of methoxy groups -OCH3 is 1. The lowest BCUT2D eigenvalue weighted by molar-refractivity contribution is 0.415. The summed E-state index contributed by atoms with van der Waals surface area (Å²) in [6, 6.07) is 3.42. The molecule has 0 radical (unpaired) electrons. The number of nitrogens with two attached hydrogens (primary N) is 1. The number of benzene rings is 1. The first-order valence-electron chi connectivity index (χ1n) is 6.53. The van der Waals surface area contributed by atoms with Crippen molar-refractivity contribution in [1.82, 2.24) is 0 Å². The molecule has 0 bridgehead atoms. The monoisotopic (exact) mass is 252 g/mol. The third-order valence-corrected chi connectivity index (χ3v) is 3.66. The van der Waals surface area contributed by atoms with E-state index in [2.05, 4.69) is 11.8 Å². The molecule has 1 aliphatic rings. The Kier molecular flexibility index (Phi) is 3.94. The Morgan fingerprint density at radius 2 is 2.11 bits per heavy atom. The molecule has 0 aromatic heterocycles. The summed E-state index contributed by atoms with van der Waals surface area (Å²) in [6.45, 7) is 3.04. The van der Waals surface area contributed by atoms with Crippen molar-refractivity contribution >= 4 is 11.4 Å². The van der Waals surface area contributed by atoms with E-state index in [0.717, 1.165) is 19.4 Å². The molecule has 0 amide bonds. The fourth-order valence-electron chi connectivity index (χ4n) is 2.59. The zero-order valence-corrected chi connectivity index (χ0v) is 11.1. The van der Waals surface area contributed by atoms with Crippen LogP contribution in [0.2, 0.25) is 0 Å². The Bertz CT molecular complexity index is 423. The quantitative estimate of drug-likeness (QED) is 0.821. The van der Waals surface area contributed by atoms with Gasteiger partial charge in [0, 0.05) is 24.7 Å². The number of halogens is 1. The van der Waals surface area contributed by atoms with Gasteiger partial charge < -0.3 is 15.4 Å². The fraction of sp³-hybridized carbons (Fsp3) is 0.571. The summed E-state index contributed by atoms with van der Waals surface area (Å²) < 4.78 is 19.3. The topological polar surface area (TPSA) is 38.5 Å². The van der Waals surface area contributed by atoms with E-state index in [1.54, 1.807) is 13.2 Å². The average Bonchev–Trinajstić information content (AvgIpc) is 2.55. The van der Waals surface area contributed by atoms with Gasteiger partial charge in [0.05, 0.1) is 18.5 Å². The Labute approximate surface area is 108 Å². The van der Waals surface area contributed by atoms with Gasteiger partial charge in [-0.3, -0.25) is 0 Å². The minimum Gasteiger partial charge on any atom is -0.495 e. The van der Waals surface area contributed by atoms with Gasteiger partial charge in [-0.2, -0.15) is 0 Å². The lowest BCUT2D eigenvalue weighted by Crippen LogP contribution is -2.33. The van der Waals surface area contributed by atoms with Crippen molar-refractivity contribution in [2.24, 2.45) is 0 Å². The van der Waals surface area contributed by atoms with Crippen LogP contribution in [0.3, 0.4) is 0 Å². The molecule has 1 unspecified atom stereocenters. The first kappa shape index (κ1) is 13.0. The molecule has 1 fully saturated rings. The highest BCUT2D eigenvalue weighted by Crippen LogP contribution is 2.33. The molecule has 0 spiro atoms. The first-order valence-corrected chi connectivity index (χ1v) is 6.53. The smallest absolute Gasteiger partial charge is 0.148 e. The number of hydrogen-bond donors (Lipinski definition) is 1. The van der Waals surface area contributed by atoms with Gasteiger partial charge in [-0.05, 0) is 19.8 Å². The second-order valence-electron chi connectivity index (χ2n) is 4.94. The van der Waals surface area contributed by atoms with Crippen LogP contribution in [0.25, 0.3) is 0 Å². The predicted octanol–water partition coefficient (Wildman–Crippen LogP) is 3.19. The summed E-state index contributed by atoms with van der Waals surface area (Å²) >= 11 is 0. The van der Waals surface area contributed by atoms with Gasteiger partial charge >= 0.3 is 0 Å². The summed E-state index contributed by atoms with van der Waals surface area (Å²) in [7, 11) is 1.55. The van der Waals surface area contributed by atoms with Crippen LogP contribution in [0.4, 0.5) is 15.8 Å². The maximum absolute atomic E-state index is 14.1. The Balaban J connectivity index is 2.36. The molecule has 3 nitrogen and oxygen atoms in total. The molecule has 1 aromatic rings. The summed E-state index contributed by atoms with van der Waals surface area (Å²) in [6.07, 6.45) is 4.64. The van der Waals surface area contributed by atoms with Crippen molar-refractivity contribution < 1.29 is 9.13 Å². The molecule has 4 heteroatoms. The molecular formula is C14H21FN2O. The van der Waals surface area contributed by atoms with Crippen LogP contribution < -0.4 is 15.4 Å². The molecule has 100 valence electrons. The van der Waals surface area contributed by atoms with Crippen molar-refractivity contribution in [2.45, 2.75) is 38.6 Å². The molecule has 0 aliphatic carbocycles. The maximum atomic E-state index is 14.1. The van der Waals surface area contributed by atoms with Crippen LogP contribution in [-0.2, 0) is 0 Å². The Morgan fingerprint density at radius 1 is 1.33 bits per heavy atom. The van der Waals surface area contributed by atoms with E-state index in [1.165, 1.54) is 18.9 Å². The molecular weight excluding hydrogens is 231 g/mol. The van der Waals surface area contributed by atoms with Gasteiger partial charge in [-0.1, -0.05) is 12.8 Å². The number of rotatable bonds is 2. The zero-order valence-electron chi connectivity index (χ0n) is 11.1. The minimum atomic E-state index is -0.262. The molecule has 1 saturated heterocycles. The van der Waals surface area contributed by atoms with Crippen LogP contribution in [-0.4, -0.2) is 19.7 Å².